The van der Waals surface area contributed by atoms with Crippen molar-refractivity contribution in [2.45, 2.75) is 85.0 Å². The third-order valence-electron chi connectivity index (χ3n) is 3.81. The monoisotopic (exact) mass is 333 g/mol. The molecule has 138 valence electrons. The number of hydrogen-bond acceptors (Lipinski definition) is 1. The molecule has 0 rings (SSSR count). The number of unbranched alkanes of at least 4 members (excludes halogenated alkanes) is 8. The normalized spacial score (nSPS) is 12.2. The van der Waals surface area contributed by atoms with Crippen molar-refractivity contribution in [1.82, 2.24) is 5.32 Å². The van der Waals surface area contributed by atoms with Crippen molar-refractivity contribution in [1.29, 1.82) is 0 Å². The van der Waals surface area contributed by atoms with E-state index in [1.165, 1.54) is 57.8 Å². The summed E-state index contributed by atoms with van der Waals surface area (Å²) in [5.74, 6) is 0.493. The summed E-state index contributed by atoms with van der Waals surface area (Å²) >= 11 is 0. The van der Waals surface area contributed by atoms with E-state index in [1.807, 2.05) is 12.2 Å². The summed E-state index contributed by atoms with van der Waals surface area (Å²) in [6.45, 7) is 7.16. The molecular weight excluding hydrogens is 294 g/mol. The molecule has 0 aromatic carbocycles. The summed E-state index contributed by atoms with van der Waals surface area (Å²) in [6, 6.07) is 0. The molecular formula is C22H39NO. The van der Waals surface area contributed by atoms with Gasteiger partial charge in [0.25, 0.3) is 0 Å². The van der Waals surface area contributed by atoms with E-state index in [0.29, 0.717) is 5.92 Å². The molecule has 0 spiro atoms. The lowest BCUT2D eigenvalue weighted by atomic mass is 10.1. The van der Waals surface area contributed by atoms with Crippen molar-refractivity contribution in [3.63, 3.8) is 0 Å². The second kappa shape index (κ2) is 18.0. The predicted molar refractivity (Wildman–Crippen MR) is 107 cm³/mol. The van der Waals surface area contributed by atoms with Crippen LogP contribution in [0.1, 0.15) is 85.0 Å². The van der Waals surface area contributed by atoms with Crippen molar-refractivity contribution in [2.75, 3.05) is 6.54 Å². The van der Waals surface area contributed by atoms with Crippen LogP contribution in [0.4, 0.5) is 0 Å². The Hall–Kier alpha value is -1.31. The topological polar surface area (TPSA) is 29.1 Å². The highest BCUT2D eigenvalue weighted by molar-refractivity contribution is 5.87. The fraction of sp³-hybridized carbons (Fsp3) is 0.682. The van der Waals surface area contributed by atoms with Crippen LogP contribution in [0.3, 0.4) is 0 Å². The van der Waals surface area contributed by atoms with Gasteiger partial charge in [-0.2, -0.15) is 0 Å². The number of rotatable bonds is 15. The highest BCUT2D eigenvalue weighted by Crippen LogP contribution is 2.08. The van der Waals surface area contributed by atoms with E-state index in [0.717, 1.165) is 13.0 Å². The van der Waals surface area contributed by atoms with E-state index in [-0.39, 0.29) is 5.91 Å². The van der Waals surface area contributed by atoms with Crippen LogP contribution in [0, 0.1) is 5.92 Å². The summed E-state index contributed by atoms with van der Waals surface area (Å²) in [7, 11) is 0. The first-order valence-electron chi connectivity index (χ1n) is 9.92. The number of allylic oxidation sites excluding steroid dienone is 5. The summed E-state index contributed by atoms with van der Waals surface area (Å²) in [5.41, 5.74) is 0. The van der Waals surface area contributed by atoms with E-state index >= 15 is 0 Å². The summed E-state index contributed by atoms with van der Waals surface area (Å²) in [4.78, 5) is 11.4. The smallest absolute Gasteiger partial charge is 0.243 e. The highest BCUT2D eigenvalue weighted by Gasteiger charge is 1.95. The van der Waals surface area contributed by atoms with Gasteiger partial charge in [-0.05, 0) is 38.0 Å². The number of hydrogen-bond donors (Lipinski definition) is 1. The van der Waals surface area contributed by atoms with Gasteiger partial charge in [0.05, 0.1) is 0 Å². The van der Waals surface area contributed by atoms with Gasteiger partial charge in [-0.25, -0.2) is 0 Å². The molecule has 2 heteroatoms. The predicted octanol–water partition coefficient (Wildman–Crippen LogP) is 6.35. The second-order valence-electron chi connectivity index (χ2n) is 6.89. The third-order valence-corrected chi connectivity index (χ3v) is 3.81. The molecule has 1 N–H and O–H groups in total. The molecule has 0 saturated carbocycles. The van der Waals surface area contributed by atoms with Gasteiger partial charge in [0.1, 0.15) is 0 Å². The van der Waals surface area contributed by atoms with Crippen molar-refractivity contribution in [2.24, 2.45) is 5.92 Å². The average Bonchev–Trinajstić information content (AvgIpc) is 2.56. The van der Waals surface area contributed by atoms with Crippen molar-refractivity contribution >= 4 is 5.91 Å². The number of amides is 1. The second-order valence-corrected chi connectivity index (χ2v) is 6.89. The van der Waals surface area contributed by atoms with Gasteiger partial charge >= 0.3 is 0 Å². The van der Waals surface area contributed by atoms with E-state index in [4.69, 9.17) is 0 Å². The Morgan fingerprint density at radius 1 is 0.833 bits per heavy atom. The minimum absolute atomic E-state index is 0.00269. The largest absolute Gasteiger partial charge is 0.352 e. The molecule has 0 aromatic rings. The van der Waals surface area contributed by atoms with Crippen LogP contribution in [0.25, 0.3) is 0 Å². The zero-order valence-corrected chi connectivity index (χ0v) is 16.2. The quantitative estimate of drug-likeness (QED) is 0.161. The number of carbonyl (C=O) groups is 1. The molecule has 1 amide bonds. The maximum Gasteiger partial charge on any atom is 0.243 e. The van der Waals surface area contributed by atoms with Gasteiger partial charge in [-0.3, -0.25) is 4.79 Å². The third kappa shape index (κ3) is 18.7. The first kappa shape index (κ1) is 22.7. The van der Waals surface area contributed by atoms with Crippen LogP contribution in [0.2, 0.25) is 0 Å². The lowest BCUT2D eigenvalue weighted by Gasteiger charge is -2.03. The van der Waals surface area contributed by atoms with Crippen LogP contribution in [0.15, 0.2) is 36.5 Å². The highest BCUT2D eigenvalue weighted by atomic mass is 16.1. The first-order chi connectivity index (χ1) is 11.7. The Morgan fingerprint density at radius 2 is 1.42 bits per heavy atom. The van der Waals surface area contributed by atoms with Crippen molar-refractivity contribution in [3.05, 3.63) is 36.5 Å². The van der Waals surface area contributed by atoms with E-state index < -0.39 is 0 Å². The summed E-state index contributed by atoms with van der Waals surface area (Å²) in [5, 5.41) is 2.87. The molecule has 0 atom stereocenters. The lowest BCUT2D eigenvalue weighted by Crippen LogP contribution is -2.25. The van der Waals surface area contributed by atoms with Gasteiger partial charge in [0, 0.05) is 12.6 Å². The fourth-order valence-corrected chi connectivity index (χ4v) is 2.29. The Balaban J connectivity index is 3.37. The van der Waals surface area contributed by atoms with E-state index in [1.54, 1.807) is 6.08 Å². The number of carbonyl (C=O) groups excluding carboxylic acids is 1. The molecule has 0 aromatic heterocycles. The van der Waals surface area contributed by atoms with Crippen LogP contribution in [-0.2, 0) is 4.79 Å². The van der Waals surface area contributed by atoms with Gasteiger partial charge in [0.15, 0.2) is 0 Å². The Labute approximate surface area is 150 Å². The molecule has 0 saturated heterocycles. The molecule has 2 nitrogen and oxygen atoms in total. The summed E-state index contributed by atoms with van der Waals surface area (Å²) < 4.78 is 0. The molecule has 0 aliphatic carbocycles. The zero-order valence-electron chi connectivity index (χ0n) is 16.2. The number of nitrogens with one attached hydrogen (secondary N) is 1. The SMILES string of the molecule is CCCC/C=C\CCCCCCC/C=C/C=C/C(=O)NCC(C)C. The fourth-order valence-electron chi connectivity index (χ4n) is 2.29. The molecule has 0 radical (unpaired) electrons. The molecule has 0 aliphatic rings. The first-order valence-corrected chi connectivity index (χ1v) is 9.92. The van der Waals surface area contributed by atoms with E-state index in [2.05, 4.69) is 44.3 Å². The van der Waals surface area contributed by atoms with Crippen molar-refractivity contribution in [3.8, 4) is 0 Å². The minimum Gasteiger partial charge on any atom is -0.352 e. The molecule has 0 unspecified atom stereocenters. The van der Waals surface area contributed by atoms with E-state index in [9.17, 15) is 4.79 Å². The maximum atomic E-state index is 11.4. The molecule has 0 aliphatic heterocycles. The molecule has 0 fully saturated rings. The Bertz CT molecular complexity index is 366. The Kier molecular flexibility index (Phi) is 17.1. The van der Waals surface area contributed by atoms with Crippen LogP contribution < -0.4 is 5.32 Å². The van der Waals surface area contributed by atoms with Crippen LogP contribution in [-0.4, -0.2) is 12.5 Å². The Morgan fingerprint density at radius 3 is 2.04 bits per heavy atom. The zero-order chi connectivity index (χ0) is 17.9. The van der Waals surface area contributed by atoms with Crippen LogP contribution in [0.5, 0.6) is 0 Å². The lowest BCUT2D eigenvalue weighted by molar-refractivity contribution is -0.116. The molecule has 0 heterocycles. The van der Waals surface area contributed by atoms with Crippen LogP contribution >= 0.6 is 0 Å². The van der Waals surface area contributed by atoms with Gasteiger partial charge in [-0.1, -0.05) is 83.3 Å². The van der Waals surface area contributed by atoms with Crippen molar-refractivity contribution < 1.29 is 4.79 Å². The average molecular weight is 334 g/mol. The molecule has 0 bridgehead atoms. The minimum atomic E-state index is -0.00269. The maximum absolute atomic E-state index is 11.4. The summed E-state index contributed by atoms with van der Waals surface area (Å²) in [6.07, 6.45) is 25.0. The molecule has 24 heavy (non-hydrogen) atoms. The standard InChI is InChI=1S/C22H39NO/c1-4-5-6-7-8-9-10-11-12-13-14-15-16-17-18-19-22(24)23-20-21(2)3/h7-8,16-19,21H,4-6,9-15,20H2,1-3H3,(H,23,24)/b8-7-,17-16+,19-18+. The van der Waals surface area contributed by atoms with Gasteiger partial charge < -0.3 is 5.32 Å². The van der Waals surface area contributed by atoms with Gasteiger partial charge in [0.2, 0.25) is 5.91 Å². The van der Waals surface area contributed by atoms with Gasteiger partial charge in [-0.15, -0.1) is 0 Å².